The summed E-state index contributed by atoms with van der Waals surface area (Å²) in [5.41, 5.74) is 5.56. The maximum atomic E-state index is 13.7. The molecule has 1 aromatic heterocycles. The lowest BCUT2D eigenvalue weighted by molar-refractivity contribution is -0.137. The number of para-hydroxylation sites is 1. The van der Waals surface area contributed by atoms with Gasteiger partial charge in [0.05, 0.1) is 17.3 Å². The fourth-order valence-corrected chi connectivity index (χ4v) is 3.79. The van der Waals surface area contributed by atoms with Gasteiger partial charge in [0.25, 0.3) is 11.7 Å². The summed E-state index contributed by atoms with van der Waals surface area (Å²) >= 11 is 0. The molecule has 38 heavy (non-hydrogen) atoms. The van der Waals surface area contributed by atoms with Gasteiger partial charge >= 0.3 is 6.18 Å². The van der Waals surface area contributed by atoms with Gasteiger partial charge in [-0.1, -0.05) is 12.1 Å². The molecule has 1 saturated heterocycles. The first-order valence-electron chi connectivity index (χ1n) is 11.5. The summed E-state index contributed by atoms with van der Waals surface area (Å²) in [5.74, 6) is -2.67. The van der Waals surface area contributed by atoms with Crippen LogP contribution in [0.25, 0.3) is 0 Å². The van der Waals surface area contributed by atoms with E-state index in [0.717, 1.165) is 4.90 Å². The molecule has 0 bridgehead atoms. The number of nitrogens with zero attached hydrogens (tertiary/aromatic N) is 4. The van der Waals surface area contributed by atoms with Crippen molar-refractivity contribution in [3.63, 3.8) is 0 Å². The van der Waals surface area contributed by atoms with Gasteiger partial charge in [0.2, 0.25) is 11.9 Å². The van der Waals surface area contributed by atoms with Crippen molar-refractivity contribution in [2.45, 2.75) is 18.6 Å². The smallest absolute Gasteiger partial charge is 0.342 e. The number of carbonyl (C=O) groups excluding carboxylic acids is 3. The Morgan fingerprint density at radius 3 is 2.37 bits per heavy atom. The van der Waals surface area contributed by atoms with E-state index in [-0.39, 0.29) is 23.1 Å². The van der Waals surface area contributed by atoms with Gasteiger partial charge in [0.15, 0.2) is 0 Å². The standard InChI is InChI=1S/C25H24F3N7O3/c1-34(2)23(38)20(36)16-5-3-4-6-19(16)32-21-17(25(26,27)28)13-30-24(33-21)31-14-7-9-15(10-8-14)35-12-11-18(29)22(35)37/h3-10,13,18H,11-12,29H2,1-2H3,(H2,30,31,32,33). The molecule has 1 atom stereocenters. The molecular formula is C25H24F3N7O3. The number of anilines is 5. The van der Waals surface area contributed by atoms with Crippen LogP contribution < -0.4 is 21.3 Å². The molecule has 0 saturated carbocycles. The zero-order valence-corrected chi connectivity index (χ0v) is 20.4. The van der Waals surface area contributed by atoms with Gasteiger partial charge in [-0.25, -0.2) is 4.98 Å². The Hall–Kier alpha value is -4.52. The van der Waals surface area contributed by atoms with Gasteiger partial charge in [-0.05, 0) is 42.8 Å². The summed E-state index contributed by atoms with van der Waals surface area (Å²) in [5, 5.41) is 5.38. The number of aromatic nitrogens is 2. The molecular weight excluding hydrogens is 503 g/mol. The molecule has 10 nitrogen and oxygen atoms in total. The summed E-state index contributed by atoms with van der Waals surface area (Å²) in [6.45, 7) is 0.494. The first-order valence-corrected chi connectivity index (χ1v) is 11.5. The van der Waals surface area contributed by atoms with Crippen LogP contribution in [0.15, 0.2) is 54.7 Å². The van der Waals surface area contributed by atoms with Crippen LogP contribution in [0.5, 0.6) is 0 Å². The van der Waals surface area contributed by atoms with Crippen LogP contribution in [0.3, 0.4) is 0 Å². The van der Waals surface area contributed by atoms with Gasteiger partial charge < -0.3 is 26.2 Å². The molecule has 2 amide bonds. The van der Waals surface area contributed by atoms with E-state index in [1.807, 2.05) is 0 Å². The largest absolute Gasteiger partial charge is 0.421 e. The van der Waals surface area contributed by atoms with Crippen molar-refractivity contribution in [2.24, 2.45) is 5.73 Å². The molecule has 198 valence electrons. The molecule has 2 heterocycles. The van der Waals surface area contributed by atoms with Crippen LogP contribution in [0, 0.1) is 0 Å². The predicted octanol–water partition coefficient (Wildman–Crippen LogP) is 3.32. The van der Waals surface area contributed by atoms with E-state index >= 15 is 0 Å². The number of hydrogen-bond acceptors (Lipinski definition) is 8. The first kappa shape index (κ1) is 26.5. The zero-order chi connectivity index (χ0) is 27.6. The summed E-state index contributed by atoms with van der Waals surface area (Å²) in [7, 11) is 2.79. The third-order valence-corrected chi connectivity index (χ3v) is 5.80. The number of nitrogens with one attached hydrogen (secondary N) is 2. The SMILES string of the molecule is CN(C)C(=O)C(=O)c1ccccc1Nc1nc(Nc2ccc(N3CCC(N)C3=O)cc2)ncc1C(F)(F)F. The first-order chi connectivity index (χ1) is 18.0. The Morgan fingerprint density at radius 2 is 1.76 bits per heavy atom. The minimum Gasteiger partial charge on any atom is -0.342 e. The number of alkyl halides is 3. The lowest BCUT2D eigenvalue weighted by atomic mass is 10.1. The van der Waals surface area contributed by atoms with Crippen molar-refractivity contribution < 1.29 is 27.6 Å². The number of Topliss-reactive ketones (excluding diaryl/α,β-unsaturated/α-hetero) is 1. The molecule has 1 fully saturated rings. The quantitative estimate of drug-likeness (QED) is 0.315. The lowest BCUT2D eigenvalue weighted by Crippen LogP contribution is -2.33. The highest BCUT2D eigenvalue weighted by Crippen LogP contribution is 2.36. The Labute approximate surface area is 215 Å². The molecule has 2 aromatic carbocycles. The van der Waals surface area contributed by atoms with Crippen molar-refractivity contribution >= 4 is 46.4 Å². The van der Waals surface area contributed by atoms with Gasteiger partial charge in [0.1, 0.15) is 11.4 Å². The van der Waals surface area contributed by atoms with Crippen molar-refractivity contribution in [1.82, 2.24) is 14.9 Å². The number of hydrogen-bond donors (Lipinski definition) is 3. The minimum absolute atomic E-state index is 0.0271. The number of halogens is 3. The number of amides is 2. The van der Waals surface area contributed by atoms with Crippen LogP contribution in [-0.2, 0) is 15.8 Å². The summed E-state index contributed by atoms with van der Waals surface area (Å²) in [6, 6.07) is 11.8. The molecule has 0 radical (unpaired) electrons. The van der Waals surface area contributed by atoms with Crippen molar-refractivity contribution in [2.75, 3.05) is 36.2 Å². The summed E-state index contributed by atoms with van der Waals surface area (Å²) in [6.07, 6.45) is -3.64. The average molecular weight is 528 g/mol. The van der Waals surface area contributed by atoms with Gasteiger partial charge in [0, 0.05) is 38.2 Å². The second-order valence-electron chi connectivity index (χ2n) is 8.71. The van der Waals surface area contributed by atoms with Gasteiger partial charge in [-0.3, -0.25) is 14.4 Å². The van der Waals surface area contributed by atoms with E-state index in [2.05, 4.69) is 20.6 Å². The zero-order valence-electron chi connectivity index (χ0n) is 20.4. The van der Waals surface area contributed by atoms with Crippen LogP contribution in [0.4, 0.5) is 42.0 Å². The lowest BCUT2D eigenvalue weighted by Gasteiger charge is -2.18. The van der Waals surface area contributed by atoms with Crippen LogP contribution >= 0.6 is 0 Å². The highest BCUT2D eigenvalue weighted by atomic mass is 19.4. The average Bonchev–Trinajstić information content (AvgIpc) is 3.21. The number of ketones is 1. The van der Waals surface area contributed by atoms with Crippen molar-refractivity contribution in [3.8, 4) is 0 Å². The van der Waals surface area contributed by atoms with Crippen molar-refractivity contribution in [3.05, 3.63) is 65.9 Å². The van der Waals surface area contributed by atoms with E-state index in [9.17, 15) is 27.6 Å². The second kappa shape index (κ2) is 10.5. The van der Waals surface area contributed by atoms with E-state index in [0.29, 0.717) is 30.5 Å². The topological polar surface area (TPSA) is 134 Å². The predicted molar refractivity (Wildman–Crippen MR) is 134 cm³/mol. The van der Waals surface area contributed by atoms with E-state index in [1.165, 1.54) is 38.4 Å². The molecule has 4 rings (SSSR count). The number of nitrogens with two attached hydrogens (primary N) is 1. The molecule has 1 aliphatic heterocycles. The highest BCUT2D eigenvalue weighted by molar-refractivity contribution is 6.43. The van der Waals surface area contributed by atoms with Gasteiger partial charge in [-0.2, -0.15) is 18.2 Å². The highest BCUT2D eigenvalue weighted by Gasteiger charge is 2.36. The fourth-order valence-electron chi connectivity index (χ4n) is 3.79. The van der Waals surface area contributed by atoms with E-state index in [4.69, 9.17) is 5.73 Å². The number of rotatable bonds is 7. The van der Waals surface area contributed by atoms with E-state index in [1.54, 1.807) is 29.2 Å². The summed E-state index contributed by atoms with van der Waals surface area (Å²) < 4.78 is 41.2. The van der Waals surface area contributed by atoms with Crippen molar-refractivity contribution in [1.29, 1.82) is 0 Å². The molecule has 1 unspecified atom stereocenters. The second-order valence-corrected chi connectivity index (χ2v) is 8.71. The number of likely N-dealkylation sites (N-methyl/N-ethyl adjacent to an activating group) is 1. The van der Waals surface area contributed by atoms with Crippen LogP contribution in [0.2, 0.25) is 0 Å². The Bertz CT molecular complexity index is 1380. The van der Waals surface area contributed by atoms with Gasteiger partial charge in [-0.15, -0.1) is 0 Å². The maximum absolute atomic E-state index is 13.7. The molecule has 13 heteroatoms. The molecule has 0 aliphatic carbocycles. The fraction of sp³-hybridized carbons (Fsp3) is 0.240. The molecule has 3 aromatic rings. The van der Waals surface area contributed by atoms with Crippen LogP contribution in [0.1, 0.15) is 22.3 Å². The monoisotopic (exact) mass is 527 g/mol. The molecule has 0 spiro atoms. The minimum atomic E-state index is -4.80. The van der Waals surface area contributed by atoms with E-state index < -0.39 is 35.3 Å². The molecule has 1 aliphatic rings. The molecule has 4 N–H and O–H groups in total. The Kier molecular flexibility index (Phi) is 7.30. The summed E-state index contributed by atoms with van der Waals surface area (Å²) in [4.78, 5) is 47.3. The Balaban J connectivity index is 1.62. The number of carbonyl (C=O) groups is 3. The Morgan fingerprint density at radius 1 is 1.08 bits per heavy atom. The third kappa shape index (κ3) is 5.57. The third-order valence-electron chi connectivity index (χ3n) is 5.80. The normalized spacial score (nSPS) is 15.4. The number of benzene rings is 2. The van der Waals surface area contributed by atoms with Crippen LogP contribution in [-0.4, -0.2) is 59.1 Å². The maximum Gasteiger partial charge on any atom is 0.421 e.